The Kier molecular flexibility index (Phi) is 2.77. The van der Waals surface area contributed by atoms with Gasteiger partial charge in [-0.15, -0.1) is 0 Å². The summed E-state index contributed by atoms with van der Waals surface area (Å²) in [6.07, 6.45) is 2.48. The molecule has 0 spiro atoms. The highest BCUT2D eigenvalue weighted by Gasteiger charge is 2.22. The third kappa shape index (κ3) is 2.32. The highest BCUT2D eigenvalue weighted by molar-refractivity contribution is 5.63. The maximum absolute atomic E-state index is 4.64. The molecule has 1 aliphatic rings. The molecule has 3 rings (SSSR count). The fourth-order valence-corrected chi connectivity index (χ4v) is 2.29. The fourth-order valence-electron chi connectivity index (χ4n) is 2.29. The van der Waals surface area contributed by atoms with Gasteiger partial charge in [-0.25, -0.2) is 9.97 Å². The van der Waals surface area contributed by atoms with Gasteiger partial charge in [0.2, 0.25) is 0 Å². The Bertz CT molecular complexity index is 625. The van der Waals surface area contributed by atoms with Crippen LogP contribution in [-0.2, 0) is 7.05 Å². The van der Waals surface area contributed by atoms with Gasteiger partial charge in [-0.05, 0) is 33.6 Å². The summed E-state index contributed by atoms with van der Waals surface area (Å²) in [4.78, 5) is 9.21. The molecule has 1 fully saturated rings. The van der Waals surface area contributed by atoms with Crippen molar-refractivity contribution >= 4 is 5.82 Å². The molecule has 100 valence electrons. The van der Waals surface area contributed by atoms with Gasteiger partial charge in [0.15, 0.2) is 5.82 Å². The van der Waals surface area contributed by atoms with E-state index in [1.807, 2.05) is 31.6 Å². The van der Waals surface area contributed by atoms with Gasteiger partial charge in [0.1, 0.15) is 5.82 Å². The van der Waals surface area contributed by atoms with Crippen LogP contribution in [0.5, 0.6) is 0 Å². The molecule has 5 heteroatoms. The zero-order valence-corrected chi connectivity index (χ0v) is 11.9. The van der Waals surface area contributed by atoms with E-state index in [2.05, 4.69) is 27.3 Å². The lowest BCUT2D eigenvalue weighted by Gasteiger charge is -2.08. The third-order valence-corrected chi connectivity index (χ3v) is 3.52. The monoisotopic (exact) mass is 257 g/mol. The molecule has 1 saturated carbocycles. The first-order valence-electron chi connectivity index (χ1n) is 6.67. The number of aryl methyl sites for hydroxylation is 3. The second-order valence-corrected chi connectivity index (χ2v) is 5.31. The van der Waals surface area contributed by atoms with E-state index in [1.54, 1.807) is 0 Å². The van der Waals surface area contributed by atoms with E-state index in [-0.39, 0.29) is 0 Å². The normalized spacial score (nSPS) is 14.7. The van der Waals surface area contributed by atoms with Crippen LogP contribution in [0.25, 0.3) is 11.4 Å². The lowest BCUT2D eigenvalue weighted by molar-refractivity contribution is 0.731. The second-order valence-electron chi connectivity index (χ2n) is 5.31. The van der Waals surface area contributed by atoms with E-state index in [1.165, 1.54) is 12.8 Å². The van der Waals surface area contributed by atoms with Gasteiger partial charge in [0, 0.05) is 30.5 Å². The molecule has 0 unspecified atom stereocenters. The number of anilines is 1. The Hall–Kier alpha value is -1.91. The fraction of sp³-hybridized carbons (Fsp3) is 0.500. The van der Waals surface area contributed by atoms with Crippen LogP contribution >= 0.6 is 0 Å². The number of nitrogens with zero attached hydrogens (tertiary/aromatic N) is 4. The quantitative estimate of drug-likeness (QED) is 0.917. The standard InChI is InChI=1S/C14H19N5/c1-8-7-12(16-11-5-6-11)17-14(15-8)13-9(2)18-19(4)10(13)3/h7,11H,5-6H2,1-4H3,(H,15,16,17). The smallest absolute Gasteiger partial charge is 0.165 e. The van der Waals surface area contributed by atoms with E-state index < -0.39 is 0 Å². The highest BCUT2D eigenvalue weighted by atomic mass is 15.3. The molecule has 0 bridgehead atoms. The molecule has 19 heavy (non-hydrogen) atoms. The zero-order chi connectivity index (χ0) is 13.6. The van der Waals surface area contributed by atoms with Gasteiger partial charge < -0.3 is 5.32 Å². The van der Waals surface area contributed by atoms with Gasteiger partial charge in [0.25, 0.3) is 0 Å². The summed E-state index contributed by atoms with van der Waals surface area (Å²) in [5.74, 6) is 1.69. The van der Waals surface area contributed by atoms with E-state index in [4.69, 9.17) is 0 Å². The third-order valence-electron chi connectivity index (χ3n) is 3.52. The number of hydrogen-bond acceptors (Lipinski definition) is 4. The molecule has 2 heterocycles. The van der Waals surface area contributed by atoms with E-state index in [9.17, 15) is 0 Å². The van der Waals surface area contributed by atoms with Gasteiger partial charge in [0.05, 0.1) is 11.3 Å². The molecule has 0 radical (unpaired) electrons. The van der Waals surface area contributed by atoms with Crippen molar-refractivity contribution in [3.8, 4) is 11.4 Å². The van der Waals surface area contributed by atoms with Crippen LogP contribution in [0.3, 0.4) is 0 Å². The first-order valence-corrected chi connectivity index (χ1v) is 6.67. The summed E-state index contributed by atoms with van der Waals surface area (Å²) >= 11 is 0. The molecule has 5 nitrogen and oxygen atoms in total. The summed E-state index contributed by atoms with van der Waals surface area (Å²) in [5, 5.41) is 7.87. The van der Waals surface area contributed by atoms with Crippen LogP contribution in [0.4, 0.5) is 5.82 Å². The number of nitrogens with one attached hydrogen (secondary N) is 1. The Morgan fingerprint density at radius 1 is 1.21 bits per heavy atom. The Morgan fingerprint density at radius 3 is 2.53 bits per heavy atom. The van der Waals surface area contributed by atoms with Crippen LogP contribution in [0.2, 0.25) is 0 Å². The van der Waals surface area contributed by atoms with Crippen LogP contribution in [0, 0.1) is 20.8 Å². The largest absolute Gasteiger partial charge is 0.367 e. The van der Waals surface area contributed by atoms with Gasteiger partial charge in [-0.1, -0.05) is 0 Å². The minimum Gasteiger partial charge on any atom is -0.367 e. The number of aromatic nitrogens is 4. The summed E-state index contributed by atoms with van der Waals surface area (Å²) in [5.41, 5.74) is 4.10. The topological polar surface area (TPSA) is 55.6 Å². The van der Waals surface area contributed by atoms with Crippen molar-refractivity contribution in [1.82, 2.24) is 19.7 Å². The zero-order valence-electron chi connectivity index (χ0n) is 11.9. The molecule has 0 atom stereocenters. The SMILES string of the molecule is Cc1cc(NC2CC2)nc(-c2c(C)nn(C)c2C)n1. The van der Waals surface area contributed by atoms with Crippen molar-refractivity contribution in [2.75, 3.05) is 5.32 Å². The van der Waals surface area contributed by atoms with Crippen molar-refractivity contribution in [1.29, 1.82) is 0 Å². The lowest BCUT2D eigenvalue weighted by atomic mass is 10.2. The second kappa shape index (κ2) is 4.33. The average molecular weight is 257 g/mol. The molecule has 0 aliphatic heterocycles. The van der Waals surface area contributed by atoms with E-state index in [0.29, 0.717) is 6.04 Å². The first-order chi connectivity index (χ1) is 9.04. The molecule has 1 N–H and O–H groups in total. The molecule has 2 aromatic rings. The number of hydrogen-bond donors (Lipinski definition) is 1. The van der Waals surface area contributed by atoms with Crippen molar-refractivity contribution in [2.45, 2.75) is 39.7 Å². The van der Waals surface area contributed by atoms with Crippen LogP contribution in [0.15, 0.2) is 6.07 Å². The van der Waals surface area contributed by atoms with E-state index >= 15 is 0 Å². The van der Waals surface area contributed by atoms with Crippen molar-refractivity contribution < 1.29 is 0 Å². The van der Waals surface area contributed by atoms with Gasteiger partial charge >= 0.3 is 0 Å². The Morgan fingerprint density at radius 2 is 1.95 bits per heavy atom. The predicted molar refractivity (Wildman–Crippen MR) is 75.1 cm³/mol. The van der Waals surface area contributed by atoms with Crippen molar-refractivity contribution in [2.24, 2.45) is 7.05 Å². The van der Waals surface area contributed by atoms with Gasteiger partial charge in [-0.2, -0.15) is 5.10 Å². The predicted octanol–water partition coefficient (Wildman–Crippen LogP) is 2.38. The minimum atomic E-state index is 0.596. The lowest BCUT2D eigenvalue weighted by Crippen LogP contribution is -2.05. The molecule has 1 aliphatic carbocycles. The van der Waals surface area contributed by atoms with Crippen LogP contribution in [-0.4, -0.2) is 25.8 Å². The molecule has 0 aromatic carbocycles. The Balaban J connectivity index is 2.05. The van der Waals surface area contributed by atoms with Crippen molar-refractivity contribution in [3.63, 3.8) is 0 Å². The molecular weight excluding hydrogens is 238 g/mol. The van der Waals surface area contributed by atoms with Gasteiger partial charge in [-0.3, -0.25) is 4.68 Å². The van der Waals surface area contributed by atoms with Crippen molar-refractivity contribution in [3.05, 3.63) is 23.1 Å². The maximum atomic E-state index is 4.64. The highest BCUT2D eigenvalue weighted by Crippen LogP contribution is 2.27. The molecule has 0 amide bonds. The maximum Gasteiger partial charge on any atom is 0.165 e. The van der Waals surface area contributed by atoms with Crippen LogP contribution < -0.4 is 5.32 Å². The minimum absolute atomic E-state index is 0.596. The van der Waals surface area contributed by atoms with E-state index in [0.717, 1.165) is 34.3 Å². The number of rotatable bonds is 3. The summed E-state index contributed by atoms with van der Waals surface area (Å²) in [7, 11) is 1.95. The summed E-state index contributed by atoms with van der Waals surface area (Å²) < 4.78 is 1.88. The first kappa shape index (κ1) is 12.1. The average Bonchev–Trinajstić information content (AvgIpc) is 3.07. The Labute approximate surface area is 113 Å². The summed E-state index contributed by atoms with van der Waals surface area (Å²) in [6.45, 7) is 6.06. The van der Waals surface area contributed by atoms with Crippen LogP contribution in [0.1, 0.15) is 29.9 Å². The molecular formula is C14H19N5. The summed E-state index contributed by atoms with van der Waals surface area (Å²) in [6, 6.07) is 2.60. The molecule has 0 saturated heterocycles. The molecule has 2 aromatic heterocycles.